The molecule has 0 saturated heterocycles. The average molecular weight is 445 g/mol. The van der Waals surface area contributed by atoms with E-state index in [1.165, 1.54) is 18.2 Å². The van der Waals surface area contributed by atoms with E-state index in [2.05, 4.69) is 5.32 Å². The molecule has 28 heavy (non-hydrogen) atoms. The zero-order chi connectivity index (χ0) is 20.9. The number of hydrogen-bond donors (Lipinski definition) is 1. The van der Waals surface area contributed by atoms with Crippen molar-refractivity contribution in [3.63, 3.8) is 0 Å². The van der Waals surface area contributed by atoms with Gasteiger partial charge in [-0.3, -0.25) is 9.10 Å². The molecule has 1 amide bonds. The minimum absolute atomic E-state index is 0.143. The van der Waals surface area contributed by atoms with Crippen LogP contribution in [0.1, 0.15) is 11.1 Å². The van der Waals surface area contributed by atoms with Crippen LogP contribution in [0.3, 0.4) is 0 Å². The summed E-state index contributed by atoms with van der Waals surface area (Å²) in [5.41, 5.74) is 2.34. The molecule has 0 aromatic heterocycles. The van der Waals surface area contributed by atoms with Crippen molar-refractivity contribution in [2.24, 2.45) is 0 Å². The number of aryl methyl sites for hydroxylation is 1. The number of anilines is 1. The Labute approximate surface area is 175 Å². The topological polar surface area (TPSA) is 75.7 Å². The van der Waals surface area contributed by atoms with Crippen LogP contribution in [-0.2, 0) is 14.8 Å². The maximum absolute atomic E-state index is 12.2. The first-order valence-electron chi connectivity index (χ1n) is 8.48. The number of ether oxygens (including phenoxy) is 1. The van der Waals surface area contributed by atoms with Crippen molar-refractivity contribution in [3.05, 3.63) is 57.6 Å². The predicted octanol–water partition coefficient (Wildman–Crippen LogP) is 3.57. The van der Waals surface area contributed by atoms with E-state index in [9.17, 15) is 13.2 Å². The highest BCUT2D eigenvalue weighted by Crippen LogP contribution is 2.30. The highest BCUT2D eigenvalue weighted by Gasteiger charge is 2.23. The number of nitrogens with zero attached hydrogens (tertiary/aromatic N) is 1. The van der Waals surface area contributed by atoms with E-state index in [0.717, 1.165) is 27.4 Å². The lowest BCUT2D eigenvalue weighted by atomic mass is 10.1. The van der Waals surface area contributed by atoms with Crippen LogP contribution in [0, 0.1) is 13.8 Å². The molecule has 2 aromatic carbocycles. The van der Waals surface area contributed by atoms with Crippen LogP contribution in [-0.4, -0.2) is 40.3 Å². The van der Waals surface area contributed by atoms with Gasteiger partial charge in [-0.15, -0.1) is 0 Å². The van der Waals surface area contributed by atoms with Crippen LogP contribution < -0.4 is 14.4 Å². The second kappa shape index (κ2) is 9.49. The summed E-state index contributed by atoms with van der Waals surface area (Å²) >= 11 is 11.9. The molecule has 2 aromatic rings. The Hall–Kier alpha value is -1.96. The quantitative estimate of drug-likeness (QED) is 0.631. The zero-order valence-corrected chi connectivity index (χ0v) is 18.2. The molecule has 0 aliphatic rings. The van der Waals surface area contributed by atoms with Crippen LogP contribution in [0.25, 0.3) is 0 Å². The number of halogens is 2. The fourth-order valence-electron chi connectivity index (χ4n) is 2.48. The van der Waals surface area contributed by atoms with Gasteiger partial charge in [0.25, 0.3) is 0 Å². The lowest BCUT2D eigenvalue weighted by Crippen LogP contribution is -2.41. The van der Waals surface area contributed by atoms with Gasteiger partial charge in [-0.05, 0) is 49.2 Å². The molecule has 0 atom stereocenters. The van der Waals surface area contributed by atoms with E-state index in [0.29, 0.717) is 5.02 Å². The van der Waals surface area contributed by atoms with Gasteiger partial charge in [0.05, 0.1) is 23.5 Å². The van der Waals surface area contributed by atoms with Crippen LogP contribution in [0.4, 0.5) is 5.69 Å². The molecule has 6 nitrogen and oxygen atoms in total. The Morgan fingerprint density at radius 3 is 2.54 bits per heavy atom. The zero-order valence-electron chi connectivity index (χ0n) is 15.8. The van der Waals surface area contributed by atoms with Crippen molar-refractivity contribution < 1.29 is 17.9 Å². The SMILES string of the molecule is Cc1cccc(OCCNC(=O)CN(c2ccc(Cl)cc2Cl)S(C)(=O)=O)c1C. The molecule has 0 fully saturated rings. The lowest BCUT2D eigenvalue weighted by molar-refractivity contribution is -0.119. The Morgan fingerprint density at radius 1 is 1.18 bits per heavy atom. The van der Waals surface area contributed by atoms with Gasteiger partial charge in [0.2, 0.25) is 15.9 Å². The standard InChI is InChI=1S/C19H22Cl2N2O4S/c1-13-5-4-6-18(14(13)2)27-10-9-22-19(24)12-23(28(3,25)26)17-8-7-15(20)11-16(17)21/h4-8,11H,9-10,12H2,1-3H3,(H,22,24). The minimum atomic E-state index is -3.72. The molecule has 0 bridgehead atoms. The molecule has 152 valence electrons. The van der Waals surface area contributed by atoms with Gasteiger partial charge < -0.3 is 10.1 Å². The number of sulfonamides is 1. The van der Waals surface area contributed by atoms with Crippen molar-refractivity contribution in [1.29, 1.82) is 0 Å². The smallest absolute Gasteiger partial charge is 0.240 e. The van der Waals surface area contributed by atoms with E-state index in [1.807, 2.05) is 32.0 Å². The summed E-state index contributed by atoms with van der Waals surface area (Å²) in [5.74, 6) is 0.279. The van der Waals surface area contributed by atoms with Crippen LogP contribution in [0.2, 0.25) is 10.0 Å². The van der Waals surface area contributed by atoms with Crippen LogP contribution in [0.5, 0.6) is 5.75 Å². The molecule has 0 spiro atoms. The number of nitrogens with one attached hydrogen (secondary N) is 1. The molecule has 0 radical (unpaired) electrons. The maximum Gasteiger partial charge on any atom is 0.240 e. The Bertz CT molecular complexity index is 964. The summed E-state index contributed by atoms with van der Waals surface area (Å²) < 4.78 is 30.8. The van der Waals surface area contributed by atoms with Gasteiger partial charge in [0.15, 0.2) is 0 Å². The van der Waals surface area contributed by atoms with Gasteiger partial charge in [-0.25, -0.2) is 8.42 Å². The summed E-state index contributed by atoms with van der Waals surface area (Å²) in [5, 5.41) is 3.16. The molecule has 0 aliphatic heterocycles. The summed E-state index contributed by atoms with van der Waals surface area (Å²) in [6.07, 6.45) is 1.01. The van der Waals surface area contributed by atoms with Gasteiger partial charge >= 0.3 is 0 Å². The molecule has 1 N–H and O–H groups in total. The summed E-state index contributed by atoms with van der Waals surface area (Å²) in [6.45, 7) is 4.05. The largest absolute Gasteiger partial charge is 0.491 e. The van der Waals surface area contributed by atoms with Gasteiger partial charge in [0, 0.05) is 5.02 Å². The third-order valence-electron chi connectivity index (χ3n) is 4.10. The Morgan fingerprint density at radius 2 is 1.89 bits per heavy atom. The molecular formula is C19H22Cl2N2O4S. The molecule has 9 heteroatoms. The molecule has 0 saturated carbocycles. The lowest BCUT2D eigenvalue weighted by Gasteiger charge is -2.23. The average Bonchev–Trinajstić information content (AvgIpc) is 2.60. The molecule has 0 unspecified atom stereocenters. The number of carbonyl (C=O) groups excluding carboxylic acids is 1. The number of amides is 1. The molecule has 2 rings (SSSR count). The normalized spacial score (nSPS) is 11.2. The number of carbonyl (C=O) groups is 1. The van der Waals surface area contributed by atoms with E-state index >= 15 is 0 Å². The predicted molar refractivity (Wildman–Crippen MR) is 113 cm³/mol. The second-order valence-electron chi connectivity index (χ2n) is 6.26. The maximum atomic E-state index is 12.2. The third kappa shape index (κ3) is 6.02. The number of benzene rings is 2. The van der Waals surface area contributed by atoms with E-state index in [4.69, 9.17) is 27.9 Å². The summed E-state index contributed by atoms with van der Waals surface area (Å²) in [7, 11) is -3.72. The van der Waals surface area contributed by atoms with Gasteiger partial charge in [-0.1, -0.05) is 35.3 Å². The first-order valence-corrected chi connectivity index (χ1v) is 11.1. The third-order valence-corrected chi connectivity index (χ3v) is 5.77. The Kier molecular flexibility index (Phi) is 7.57. The van der Waals surface area contributed by atoms with Gasteiger partial charge in [-0.2, -0.15) is 0 Å². The number of rotatable bonds is 8. The van der Waals surface area contributed by atoms with Crippen molar-refractivity contribution in [2.45, 2.75) is 13.8 Å². The molecule has 0 aliphatic carbocycles. The second-order valence-corrected chi connectivity index (χ2v) is 9.01. The molecule has 0 heterocycles. The van der Waals surface area contributed by atoms with E-state index in [-0.39, 0.29) is 23.9 Å². The van der Waals surface area contributed by atoms with Crippen molar-refractivity contribution in [2.75, 3.05) is 30.3 Å². The molecular weight excluding hydrogens is 423 g/mol. The Balaban J connectivity index is 1.96. The summed E-state index contributed by atoms with van der Waals surface area (Å²) in [6, 6.07) is 10.1. The van der Waals surface area contributed by atoms with Crippen LogP contribution in [0.15, 0.2) is 36.4 Å². The first-order chi connectivity index (χ1) is 13.1. The number of hydrogen-bond acceptors (Lipinski definition) is 4. The van der Waals surface area contributed by atoms with E-state index in [1.54, 1.807) is 0 Å². The fraction of sp³-hybridized carbons (Fsp3) is 0.316. The van der Waals surface area contributed by atoms with Crippen molar-refractivity contribution >= 4 is 44.8 Å². The summed E-state index contributed by atoms with van der Waals surface area (Å²) in [4.78, 5) is 12.2. The minimum Gasteiger partial charge on any atom is -0.491 e. The van der Waals surface area contributed by atoms with E-state index < -0.39 is 22.5 Å². The van der Waals surface area contributed by atoms with Crippen molar-refractivity contribution in [3.8, 4) is 5.75 Å². The first kappa shape index (κ1) is 22.3. The van der Waals surface area contributed by atoms with Gasteiger partial charge in [0.1, 0.15) is 18.9 Å². The van der Waals surface area contributed by atoms with Crippen molar-refractivity contribution in [1.82, 2.24) is 5.32 Å². The highest BCUT2D eigenvalue weighted by atomic mass is 35.5. The highest BCUT2D eigenvalue weighted by molar-refractivity contribution is 7.92. The fourth-order valence-corrected chi connectivity index (χ4v) is 3.91. The van der Waals surface area contributed by atoms with Crippen LogP contribution >= 0.6 is 23.2 Å². The monoisotopic (exact) mass is 444 g/mol.